The Hall–Kier alpha value is -6.47. The summed E-state index contributed by atoms with van der Waals surface area (Å²) in [7, 11) is -3.77. The van der Waals surface area contributed by atoms with Crippen LogP contribution in [-0.4, -0.2) is 82.6 Å². The van der Waals surface area contributed by atoms with Crippen LogP contribution >= 0.6 is 0 Å². The first-order valence-corrected chi connectivity index (χ1v) is 25.0. The Kier molecular flexibility index (Phi) is 10.3. The number of aromatic nitrogens is 7. The van der Waals surface area contributed by atoms with Gasteiger partial charge in [-0.3, -0.25) is 23.4 Å². The van der Waals surface area contributed by atoms with Crippen molar-refractivity contribution in [3.63, 3.8) is 0 Å². The first-order chi connectivity index (χ1) is 32.8. The maximum Gasteiger partial charge on any atom is 0.438 e. The second kappa shape index (κ2) is 15.8. The minimum atomic E-state index is -3.77. The minimum Gasteiger partial charge on any atom is -0.376 e. The largest absolute Gasteiger partial charge is 0.438 e. The van der Waals surface area contributed by atoms with Crippen LogP contribution in [-0.2, 0) is 26.7 Å². The molecular weight excluding hydrogens is 909 g/mol. The number of hydrogen-bond donors (Lipinski definition) is 1. The standard InChI is InChI=1S/C50H53F2N9O7S/c1-26-18-35(19-27(2)43(26)52)61-44(58-25-29(4)59(48(58)64)40-13-9-34(22-37(40)51)56-69(65,66)36-10-11-36)42-30(5)57(16-14-38(42)54-61)45(62)41-21-33-20-31(32-15-17-67-49(6,7)24-32)8-12-39(33)60(41)50(23-28(50)3)46-53-47(63)68-55-46/h8-9,12-13,18-21,25,28,30,32,36H,10-11,14-17,22-24H2,1-7H3,(H,53,55,63)/t28-,30-,32-,50-/m0/s1. The van der Waals surface area contributed by atoms with Gasteiger partial charge in [0.25, 0.3) is 15.9 Å². The van der Waals surface area contributed by atoms with Gasteiger partial charge in [-0.05, 0) is 145 Å². The average molecular weight is 962 g/mol. The number of sulfonamides is 1. The lowest BCUT2D eigenvalue weighted by molar-refractivity contribution is -0.0592. The van der Waals surface area contributed by atoms with E-state index in [4.69, 9.17) is 14.4 Å². The number of hydrogen-bond acceptors (Lipinski definition) is 9. The normalized spacial score (nSPS) is 24.2. The number of carbonyl (C=O) groups is 1. The number of ether oxygens (including phenoxy) is 1. The monoisotopic (exact) mass is 961 g/mol. The number of imidazole rings is 1. The van der Waals surface area contributed by atoms with E-state index in [1.807, 2.05) is 30.5 Å². The van der Waals surface area contributed by atoms with Crippen molar-refractivity contribution >= 4 is 38.2 Å². The number of aryl methyl sites for hydroxylation is 3. The molecule has 0 spiro atoms. The van der Waals surface area contributed by atoms with Crippen molar-refractivity contribution in [2.75, 3.05) is 13.2 Å². The number of carbonyl (C=O) groups excluding carboxylic acids is 1. The van der Waals surface area contributed by atoms with Gasteiger partial charge in [0.05, 0.1) is 39.7 Å². The summed E-state index contributed by atoms with van der Waals surface area (Å²) in [5, 5.41) is 9.54. The lowest BCUT2D eigenvalue weighted by Crippen LogP contribution is -2.41. The predicted octanol–water partition coefficient (Wildman–Crippen LogP) is 7.77. The molecule has 69 heavy (non-hydrogen) atoms. The minimum absolute atomic E-state index is 0.0260. The van der Waals surface area contributed by atoms with E-state index in [0.29, 0.717) is 83.4 Å². The third-order valence-corrected chi connectivity index (χ3v) is 16.7. The third kappa shape index (κ3) is 7.33. The van der Waals surface area contributed by atoms with Gasteiger partial charge >= 0.3 is 11.4 Å². The van der Waals surface area contributed by atoms with Crippen molar-refractivity contribution in [3.05, 3.63) is 133 Å². The molecule has 1 amide bonds. The number of benzene rings is 2. The summed E-state index contributed by atoms with van der Waals surface area (Å²) in [4.78, 5) is 47.5. The van der Waals surface area contributed by atoms with Crippen LogP contribution < -0.4 is 11.4 Å². The van der Waals surface area contributed by atoms with E-state index < -0.39 is 50.5 Å². The van der Waals surface area contributed by atoms with E-state index in [1.165, 1.54) is 21.3 Å². The molecule has 6 heterocycles. The van der Waals surface area contributed by atoms with Crippen molar-refractivity contribution in [1.82, 2.24) is 38.5 Å². The molecule has 1 N–H and O–H groups in total. The summed E-state index contributed by atoms with van der Waals surface area (Å²) in [5.74, 6) is -1.25. The highest BCUT2D eigenvalue weighted by Gasteiger charge is 2.59. The first-order valence-electron chi connectivity index (χ1n) is 23.5. The fourth-order valence-corrected chi connectivity index (χ4v) is 12.5. The number of allylic oxidation sites excluding steroid dienone is 4. The summed E-state index contributed by atoms with van der Waals surface area (Å²) in [6.45, 7) is 14.0. The first kappa shape index (κ1) is 45.0. The van der Waals surface area contributed by atoms with Gasteiger partial charge in [0.2, 0.25) is 0 Å². The molecular formula is C50H53F2N9O7S. The van der Waals surface area contributed by atoms with Gasteiger partial charge in [-0.15, -0.1) is 0 Å². The van der Waals surface area contributed by atoms with E-state index >= 15 is 13.6 Å². The van der Waals surface area contributed by atoms with Gasteiger partial charge in [0.1, 0.15) is 28.7 Å². The van der Waals surface area contributed by atoms with Gasteiger partial charge in [0.15, 0.2) is 5.82 Å². The summed E-state index contributed by atoms with van der Waals surface area (Å²) >= 11 is 0. The number of amides is 1. The van der Waals surface area contributed by atoms with Crippen LogP contribution in [0.1, 0.15) is 128 Å². The zero-order valence-corrected chi connectivity index (χ0v) is 40.3. The van der Waals surface area contributed by atoms with Crippen LogP contribution in [0.4, 0.5) is 8.78 Å². The summed E-state index contributed by atoms with van der Waals surface area (Å²) in [6, 6.07) is 10.8. The fourth-order valence-electron chi connectivity index (χ4n) is 11.1. The number of rotatable bonds is 9. The van der Waals surface area contributed by atoms with Crippen molar-refractivity contribution in [1.29, 1.82) is 0 Å². The van der Waals surface area contributed by atoms with E-state index in [2.05, 4.69) is 40.5 Å². The topological polar surface area (TPSA) is 185 Å². The SMILES string of the molecule is Cc1cc(-n2nc3c(c2-n2cc(C)n(C4=C(F)CC(=NS(=O)(=O)C5CC5)C=C4)c2=O)[C@H](C)N(C(=O)c2cc4cc([C@H]5CCOC(C)(C)C5)ccc4n2[C@@]2(c4noc(=O)[nH]4)C[C@@H]2C)CC3)cc(C)c1F. The maximum absolute atomic E-state index is 16.1. The smallest absolute Gasteiger partial charge is 0.376 e. The number of fused-ring (bicyclic) bond motifs is 2. The molecule has 5 aliphatic rings. The summed E-state index contributed by atoms with van der Waals surface area (Å²) in [5.41, 5.74) is 3.27. The zero-order valence-electron chi connectivity index (χ0n) is 39.5. The zero-order chi connectivity index (χ0) is 48.6. The number of aromatic amines is 1. The molecule has 2 saturated carbocycles. The van der Waals surface area contributed by atoms with E-state index in [1.54, 1.807) is 48.7 Å². The third-order valence-electron chi connectivity index (χ3n) is 14.9. The molecule has 2 aromatic carbocycles. The second-order valence-electron chi connectivity index (χ2n) is 20.2. The van der Waals surface area contributed by atoms with Gasteiger partial charge < -0.3 is 14.2 Å². The Morgan fingerprint density at radius 1 is 0.986 bits per heavy atom. The summed E-state index contributed by atoms with van der Waals surface area (Å²) < 4.78 is 77.8. The van der Waals surface area contributed by atoms with Gasteiger partial charge in [-0.25, -0.2) is 31.5 Å². The number of nitrogens with zero attached hydrogens (tertiary/aromatic N) is 8. The number of halogens is 2. The summed E-state index contributed by atoms with van der Waals surface area (Å²) in [6.07, 6.45) is 7.56. The molecule has 0 bridgehead atoms. The molecule has 2 aliphatic heterocycles. The highest BCUT2D eigenvalue weighted by molar-refractivity contribution is 7.91. The quantitative estimate of drug-likeness (QED) is 0.151. The number of nitrogens with one attached hydrogen (secondary N) is 1. The highest BCUT2D eigenvalue weighted by atomic mass is 32.2. The molecule has 4 aromatic heterocycles. The Bertz CT molecular complexity index is 3480. The lowest BCUT2D eigenvalue weighted by Gasteiger charge is -2.35. The van der Waals surface area contributed by atoms with Gasteiger partial charge in [0, 0.05) is 54.4 Å². The van der Waals surface area contributed by atoms with Crippen LogP contribution in [0.5, 0.6) is 0 Å². The van der Waals surface area contributed by atoms with Crippen LogP contribution in [0, 0.1) is 32.5 Å². The molecule has 19 heteroatoms. The fraction of sp³-hybridized carbons (Fsp3) is 0.440. The Morgan fingerprint density at radius 3 is 2.38 bits per heavy atom. The van der Waals surface area contributed by atoms with Crippen LogP contribution in [0.25, 0.3) is 28.1 Å². The highest BCUT2D eigenvalue weighted by Crippen LogP contribution is 2.56. The average Bonchev–Trinajstić information content (AvgIpc) is 4.07. The van der Waals surface area contributed by atoms with Gasteiger partial charge in [-0.2, -0.15) is 9.50 Å². The van der Waals surface area contributed by atoms with E-state index in [0.717, 1.165) is 29.3 Å². The van der Waals surface area contributed by atoms with E-state index in [-0.39, 0.29) is 47.1 Å². The van der Waals surface area contributed by atoms with Crippen molar-refractivity contribution < 1.29 is 31.3 Å². The molecule has 4 atom stereocenters. The molecule has 1 saturated heterocycles. The Morgan fingerprint density at radius 2 is 1.72 bits per heavy atom. The van der Waals surface area contributed by atoms with Crippen molar-refractivity contribution in [3.8, 4) is 11.5 Å². The van der Waals surface area contributed by atoms with Crippen molar-refractivity contribution in [2.24, 2.45) is 10.3 Å². The molecule has 0 radical (unpaired) electrons. The number of H-pyrrole nitrogens is 1. The molecule has 6 aromatic rings. The molecule has 3 fully saturated rings. The molecule has 0 unspecified atom stereocenters. The predicted molar refractivity (Wildman–Crippen MR) is 254 cm³/mol. The molecule has 3 aliphatic carbocycles. The van der Waals surface area contributed by atoms with Crippen LogP contribution in [0.15, 0.2) is 79.1 Å². The molecule has 16 nitrogen and oxygen atoms in total. The van der Waals surface area contributed by atoms with Crippen LogP contribution in [0.3, 0.4) is 0 Å². The van der Waals surface area contributed by atoms with Crippen molar-refractivity contribution in [2.45, 2.75) is 122 Å². The Labute approximate surface area is 396 Å². The van der Waals surface area contributed by atoms with Gasteiger partial charge in [-0.1, -0.05) is 18.1 Å². The Balaban J connectivity index is 1.04. The maximum atomic E-state index is 16.1. The van der Waals surface area contributed by atoms with Crippen LogP contribution in [0.2, 0.25) is 0 Å². The molecule has 360 valence electrons. The lowest BCUT2D eigenvalue weighted by atomic mass is 9.83. The molecule has 11 rings (SSSR count). The van der Waals surface area contributed by atoms with E-state index in [9.17, 15) is 18.0 Å². The second-order valence-corrected chi connectivity index (χ2v) is 22.1.